The van der Waals surface area contributed by atoms with Gasteiger partial charge in [0.25, 0.3) is 0 Å². The van der Waals surface area contributed by atoms with Crippen molar-refractivity contribution in [1.29, 1.82) is 0 Å². The van der Waals surface area contributed by atoms with Crippen LogP contribution in [0.2, 0.25) is 0 Å². The summed E-state index contributed by atoms with van der Waals surface area (Å²) in [5, 5.41) is 4.13. The Kier molecular flexibility index (Phi) is 6.06. The fourth-order valence-electron chi connectivity index (χ4n) is 1.79. The minimum Gasteiger partial charge on any atom is -0.443 e. The van der Waals surface area contributed by atoms with Gasteiger partial charge in [0.05, 0.1) is 0 Å². The van der Waals surface area contributed by atoms with Gasteiger partial charge in [0.1, 0.15) is 6.61 Å². The van der Waals surface area contributed by atoms with Gasteiger partial charge in [-0.25, -0.2) is 10.2 Å². The summed E-state index contributed by atoms with van der Waals surface area (Å²) in [6, 6.07) is 9.55. The summed E-state index contributed by atoms with van der Waals surface area (Å²) in [5.74, 6) is 0.601. The van der Waals surface area contributed by atoms with Crippen LogP contribution in [0.5, 0.6) is 0 Å². The van der Waals surface area contributed by atoms with E-state index in [4.69, 9.17) is 4.74 Å². The second-order valence-electron chi connectivity index (χ2n) is 5.02. The number of carbonyl (C=O) groups is 1. The SMILES string of the molecule is CC(C)C(=NNC(=O)OCc1ccccc1)C(C)C. The number of hydrogen-bond donors (Lipinski definition) is 1. The van der Waals surface area contributed by atoms with Crippen LogP contribution < -0.4 is 5.43 Å². The van der Waals surface area contributed by atoms with E-state index >= 15 is 0 Å². The monoisotopic (exact) mass is 262 g/mol. The molecule has 0 bridgehead atoms. The maximum atomic E-state index is 11.5. The molecule has 0 aromatic heterocycles. The molecular weight excluding hydrogens is 240 g/mol. The van der Waals surface area contributed by atoms with Crippen molar-refractivity contribution < 1.29 is 9.53 Å². The van der Waals surface area contributed by atoms with E-state index in [0.29, 0.717) is 11.8 Å². The highest BCUT2D eigenvalue weighted by atomic mass is 16.5. The number of benzene rings is 1. The lowest BCUT2D eigenvalue weighted by Crippen LogP contribution is -2.24. The minimum absolute atomic E-state index is 0.251. The molecular formula is C15H22N2O2. The van der Waals surface area contributed by atoms with Crippen molar-refractivity contribution >= 4 is 11.8 Å². The highest BCUT2D eigenvalue weighted by Crippen LogP contribution is 2.07. The first-order valence-electron chi connectivity index (χ1n) is 6.55. The van der Waals surface area contributed by atoms with Gasteiger partial charge in [0.15, 0.2) is 0 Å². The fraction of sp³-hybridized carbons (Fsp3) is 0.467. The molecule has 0 aliphatic heterocycles. The zero-order valence-electron chi connectivity index (χ0n) is 12.0. The molecule has 1 aromatic carbocycles. The third-order valence-electron chi connectivity index (χ3n) is 2.67. The van der Waals surface area contributed by atoms with Crippen LogP contribution in [-0.4, -0.2) is 11.8 Å². The Morgan fingerprint density at radius 3 is 2.26 bits per heavy atom. The summed E-state index contributed by atoms with van der Waals surface area (Å²) in [5.41, 5.74) is 4.35. The zero-order chi connectivity index (χ0) is 14.3. The predicted octanol–water partition coefficient (Wildman–Crippen LogP) is 3.58. The Morgan fingerprint density at radius 2 is 1.74 bits per heavy atom. The highest BCUT2D eigenvalue weighted by molar-refractivity contribution is 5.88. The number of amides is 1. The lowest BCUT2D eigenvalue weighted by atomic mass is 9.98. The molecule has 0 heterocycles. The average Bonchev–Trinajstić information content (AvgIpc) is 2.37. The van der Waals surface area contributed by atoms with E-state index in [1.165, 1.54) is 0 Å². The standard InChI is InChI=1S/C15H22N2O2/c1-11(2)14(12(3)4)16-17-15(18)19-10-13-8-6-5-7-9-13/h5-9,11-12H,10H2,1-4H3,(H,17,18). The van der Waals surface area contributed by atoms with E-state index in [-0.39, 0.29) is 6.61 Å². The molecule has 104 valence electrons. The molecule has 4 nitrogen and oxygen atoms in total. The normalized spacial score (nSPS) is 10.4. The van der Waals surface area contributed by atoms with Crippen LogP contribution in [0, 0.1) is 11.8 Å². The van der Waals surface area contributed by atoms with E-state index in [2.05, 4.69) is 38.2 Å². The second-order valence-corrected chi connectivity index (χ2v) is 5.02. The van der Waals surface area contributed by atoms with Crippen LogP contribution in [0.15, 0.2) is 35.4 Å². The van der Waals surface area contributed by atoms with Crippen LogP contribution in [0.3, 0.4) is 0 Å². The van der Waals surface area contributed by atoms with Crippen LogP contribution in [0.1, 0.15) is 33.3 Å². The third-order valence-corrected chi connectivity index (χ3v) is 2.67. The van der Waals surface area contributed by atoms with Crippen LogP contribution >= 0.6 is 0 Å². The quantitative estimate of drug-likeness (QED) is 0.651. The van der Waals surface area contributed by atoms with Crippen molar-refractivity contribution in [3.63, 3.8) is 0 Å². The molecule has 0 saturated heterocycles. The summed E-state index contributed by atoms with van der Waals surface area (Å²) in [6.07, 6.45) is -0.525. The summed E-state index contributed by atoms with van der Waals surface area (Å²) in [6.45, 7) is 8.46. The average molecular weight is 262 g/mol. The van der Waals surface area contributed by atoms with Gasteiger partial charge in [-0.15, -0.1) is 0 Å². The van der Waals surface area contributed by atoms with Gasteiger partial charge in [0, 0.05) is 5.71 Å². The molecule has 0 unspecified atom stereocenters. The first-order valence-corrected chi connectivity index (χ1v) is 6.55. The van der Waals surface area contributed by atoms with Crippen molar-refractivity contribution in [1.82, 2.24) is 5.43 Å². The Bertz CT molecular complexity index is 415. The maximum absolute atomic E-state index is 11.5. The number of hydrazone groups is 1. The van der Waals surface area contributed by atoms with Crippen molar-refractivity contribution in [2.24, 2.45) is 16.9 Å². The van der Waals surface area contributed by atoms with Gasteiger partial charge >= 0.3 is 6.09 Å². The van der Waals surface area contributed by atoms with Gasteiger partial charge in [-0.05, 0) is 17.4 Å². The molecule has 0 aliphatic carbocycles. The van der Waals surface area contributed by atoms with Crippen LogP contribution in [0.4, 0.5) is 4.79 Å². The fourth-order valence-corrected chi connectivity index (χ4v) is 1.79. The number of nitrogens with zero attached hydrogens (tertiary/aromatic N) is 1. The summed E-state index contributed by atoms with van der Waals surface area (Å²) in [4.78, 5) is 11.5. The molecule has 4 heteroatoms. The first-order chi connectivity index (χ1) is 9.00. The molecule has 0 aliphatic rings. The lowest BCUT2D eigenvalue weighted by molar-refractivity contribution is 0.140. The summed E-state index contributed by atoms with van der Waals surface area (Å²) >= 11 is 0. The van der Waals surface area contributed by atoms with Gasteiger partial charge in [-0.1, -0.05) is 58.0 Å². The number of hydrogen-bond acceptors (Lipinski definition) is 3. The molecule has 0 fully saturated rings. The molecule has 1 rings (SSSR count). The Hall–Kier alpha value is -1.84. The van der Waals surface area contributed by atoms with Gasteiger partial charge in [-0.3, -0.25) is 0 Å². The first kappa shape index (κ1) is 15.2. The van der Waals surface area contributed by atoms with E-state index < -0.39 is 6.09 Å². The summed E-state index contributed by atoms with van der Waals surface area (Å²) in [7, 11) is 0. The molecule has 1 amide bonds. The molecule has 0 spiro atoms. The van der Waals surface area contributed by atoms with Crippen molar-refractivity contribution in [3.8, 4) is 0 Å². The summed E-state index contributed by atoms with van der Waals surface area (Å²) < 4.78 is 5.08. The third kappa shape index (κ3) is 5.55. The molecule has 1 N–H and O–H groups in total. The molecule has 19 heavy (non-hydrogen) atoms. The molecule has 0 saturated carbocycles. The highest BCUT2D eigenvalue weighted by Gasteiger charge is 2.11. The number of carbonyl (C=O) groups excluding carboxylic acids is 1. The molecule has 0 radical (unpaired) electrons. The van der Waals surface area contributed by atoms with Gasteiger partial charge in [-0.2, -0.15) is 5.10 Å². The Morgan fingerprint density at radius 1 is 1.16 bits per heavy atom. The van der Waals surface area contributed by atoms with Gasteiger partial charge in [0.2, 0.25) is 0 Å². The van der Waals surface area contributed by atoms with Crippen LogP contribution in [-0.2, 0) is 11.3 Å². The van der Waals surface area contributed by atoms with Crippen molar-refractivity contribution in [3.05, 3.63) is 35.9 Å². The van der Waals surface area contributed by atoms with E-state index in [0.717, 1.165) is 11.3 Å². The van der Waals surface area contributed by atoms with Crippen LogP contribution in [0.25, 0.3) is 0 Å². The predicted molar refractivity (Wildman–Crippen MR) is 76.9 cm³/mol. The second kappa shape index (κ2) is 7.56. The zero-order valence-corrected chi connectivity index (χ0v) is 12.0. The number of ether oxygens (including phenoxy) is 1. The molecule has 0 atom stereocenters. The topological polar surface area (TPSA) is 50.7 Å². The van der Waals surface area contributed by atoms with E-state index in [1.807, 2.05) is 30.3 Å². The van der Waals surface area contributed by atoms with Crippen molar-refractivity contribution in [2.75, 3.05) is 0 Å². The Labute approximate surface area is 114 Å². The van der Waals surface area contributed by atoms with Gasteiger partial charge < -0.3 is 4.74 Å². The van der Waals surface area contributed by atoms with Crippen molar-refractivity contribution in [2.45, 2.75) is 34.3 Å². The lowest BCUT2D eigenvalue weighted by Gasteiger charge is -2.13. The smallest absolute Gasteiger partial charge is 0.428 e. The number of nitrogens with one attached hydrogen (secondary N) is 1. The Balaban J connectivity index is 2.45. The number of rotatable bonds is 5. The van der Waals surface area contributed by atoms with E-state index in [9.17, 15) is 4.79 Å². The maximum Gasteiger partial charge on any atom is 0.428 e. The largest absolute Gasteiger partial charge is 0.443 e. The molecule has 1 aromatic rings. The van der Waals surface area contributed by atoms with E-state index in [1.54, 1.807) is 0 Å². The minimum atomic E-state index is -0.525.